The molecule has 1 amide bonds. The first kappa shape index (κ1) is 20.8. The summed E-state index contributed by atoms with van der Waals surface area (Å²) >= 11 is 17.9. The highest BCUT2D eigenvalue weighted by Crippen LogP contribution is 2.27. The van der Waals surface area contributed by atoms with E-state index in [1.165, 1.54) is 24.3 Å². The summed E-state index contributed by atoms with van der Waals surface area (Å²) in [4.78, 5) is 12.8. The van der Waals surface area contributed by atoms with Gasteiger partial charge >= 0.3 is 0 Å². The molecule has 2 rings (SSSR count). The lowest BCUT2D eigenvalue weighted by atomic mass is 10.2. The normalized spacial score (nSPS) is 12.5. The first-order valence-corrected chi connectivity index (χ1v) is 10.6. The molecule has 9 heteroatoms. The number of rotatable bonds is 6. The zero-order chi connectivity index (χ0) is 19.5. The smallest absolute Gasteiger partial charge is 0.248 e. The molecule has 0 bridgehead atoms. The summed E-state index contributed by atoms with van der Waals surface area (Å²) in [6, 6.07) is 9.95. The van der Waals surface area contributed by atoms with Crippen LogP contribution in [0.3, 0.4) is 0 Å². The monoisotopic (exact) mass is 434 g/mol. The maximum atomic E-state index is 12.8. The molecule has 140 valence electrons. The molecule has 0 aromatic heterocycles. The summed E-state index contributed by atoms with van der Waals surface area (Å²) < 4.78 is 25.8. The quantitative estimate of drug-likeness (QED) is 0.706. The van der Waals surface area contributed by atoms with Gasteiger partial charge in [0.15, 0.2) is 0 Å². The van der Waals surface area contributed by atoms with Crippen molar-refractivity contribution < 1.29 is 13.2 Å². The van der Waals surface area contributed by atoms with Gasteiger partial charge in [-0.25, -0.2) is 8.42 Å². The summed E-state index contributed by atoms with van der Waals surface area (Å²) in [5.74, 6) is -0.503. The summed E-state index contributed by atoms with van der Waals surface area (Å²) in [5.41, 5.74) is 0.691. The third-order valence-electron chi connectivity index (χ3n) is 3.52. The highest BCUT2D eigenvalue weighted by atomic mass is 35.5. The molecule has 0 aliphatic carbocycles. The van der Waals surface area contributed by atoms with Crippen LogP contribution in [0.2, 0.25) is 15.1 Å². The van der Waals surface area contributed by atoms with Gasteiger partial charge in [-0.05, 0) is 42.8 Å². The van der Waals surface area contributed by atoms with Gasteiger partial charge in [-0.15, -0.1) is 0 Å². The van der Waals surface area contributed by atoms with Gasteiger partial charge < -0.3 is 5.32 Å². The molecule has 0 aliphatic heterocycles. The molecule has 0 aliphatic rings. The number of halogens is 3. The fourth-order valence-corrected chi connectivity index (χ4v) is 4.44. The fraction of sp³-hybridized carbons (Fsp3) is 0.235. The number of anilines is 2. The number of amides is 1. The van der Waals surface area contributed by atoms with E-state index < -0.39 is 22.0 Å². The summed E-state index contributed by atoms with van der Waals surface area (Å²) in [6.45, 7) is 1.72. The Morgan fingerprint density at radius 2 is 1.69 bits per heavy atom. The van der Waals surface area contributed by atoms with Crippen molar-refractivity contribution in [1.82, 2.24) is 0 Å². The Morgan fingerprint density at radius 3 is 2.19 bits per heavy atom. The van der Waals surface area contributed by atoms with Gasteiger partial charge in [0.1, 0.15) is 6.04 Å². The number of nitrogens with one attached hydrogen (secondary N) is 1. The minimum Gasteiger partial charge on any atom is -0.324 e. The van der Waals surface area contributed by atoms with E-state index >= 15 is 0 Å². The van der Waals surface area contributed by atoms with Gasteiger partial charge in [0, 0.05) is 20.8 Å². The Morgan fingerprint density at radius 1 is 1.08 bits per heavy atom. The third kappa shape index (κ3) is 5.27. The first-order chi connectivity index (χ1) is 12.1. The van der Waals surface area contributed by atoms with Crippen molar-refractivity contribution in [2.75, 3.05) is 15.9 Å². The Kier molecular flexibility index (Phi) is 6.80. The number of carbonyl (C=O) groups is 1. The molecule has 0 saturated heterocycles. The second kappa shape index (κ2) is 8.48. The van der Waals surface area contributed by atoms with E-state index in [1.807, 2.05) is 0 Å². The molecule has 1 N–H and O–H groups in total. The minimum atomic E-state index is -3.74. The van der Waals surface area contributed by atoms with Crippen molar-refractivity contribution in [3.8, 4) is 0 Å². The van der Waals surface area contributed by atoms with Crippen LogP contribution in [0.1, 0.15) is 13.3 Å². The summed E-state index contributed by atoms with van der Waals surface area (Å²) in [7, 11) is -3.74. The van der Waals surface area contributed by atoms with E-state index in [0.29, 0.717) is 26.4 Å². The van der Waals surface area contributed by atoms with Crippen LogP contribution in [0.15, 0.2) is 42.5 Å². The SMILES string of the molecule is CC[C@@H](C(=O)Nc1cc(Cl)cc(Cl)c1)N(c1cccc(Cl)c1)S(C)(=O)=O. The molecule has 0 spiro atoms. The lowest BCUT2D eigenvalue weighted by Crippen LogP contribution is -2.47. The van der Waals surface area contributed by atoms with E-state index in [4.69, 9.17) is 34.8 Å². The van der Waals surface area contributed by atoms with E-state index in [2.05, 4.69) is 5.32 Å². The van der Waals surface area contributed by atoms with Crippen LogP contribution in [0, 0.1) is 0 Å². The molecule has 5 nitrogen and oxygen atoms in total. The van der Waals surface area contributed by atoms with Crippen LogP contribution in [-0.2, 0) is 14.8 Å². The Labute approximate surface area is 167 Å². The van der Waals surface area contributed by atoms with Gasteiger partial charge in [0.05, 0.1) is 11.9 Å². The summed E-state index contributed by atoms with van der Waals surface area (Å²) in [6.07, 6.45) is 1.29. The van der Waals surface area contributed by atoms with Crippen LogP contribution in [-0.4, -0.2) is 26.6 Å². The molecule has 26 heavy (non-hydrogen) atoms. The van der Waals surface area contributed by atoms with Crippen LogP contribution >= 0.6 is 34.8 Å². The average Bonchev–Trinajstić information content (AvgIpc) is 2.49. The van der Waals surface area contributed by atoms with E-state index in [9.17, 15) is 13.2 Å². The van der Waals surface area contributed by atoms with Crippen molar-refractivity contribution in [1.29, 1.82) is 0 Å². The van der Waals surface area contributed by atoms with Crippen molar-refractivity contribution in [2.45, 2.75) is 19.4 Å². The highest BCUT2D eigenvalue weighted by molar-refractivity contribution is 7.92. The van der Waals surface area contributed by atoms with Gasteiger partial charge in [0.2, 0.25) is 15.9 Å². The number of nitrogens with zero attached hydrogens (tertiary/aromatic N) is 1. The molecule has 0 unspecified atom stereocenters. The minimum absolute atomic E-state index is 0.250. The number of carbonyl (C=O) groups excluding carboxylic acids is 1. The summed E-state index contributed by atoms with van der Waals surface area (Å²) in [5, 5.41) is 3.75. The molecule has 0 saturated carbocycles. The van der Waals surface area contributed by atoms with E-state index in [-0.39, 0.29) is 6.42 Å². The molecule has 1 atom stereocenters. The highest BCUT2D eigenvalue weighted by Gasteiger charge is 2.31. The topological polar surface area (TPSA) is 66.5 Å². The molecule has 0 radical (unpaired) electrons. The lowest BCUT2D eigenvalue weighted by molar-refractivity contribution is -0.117. The predicted octanol–water partition coefficient (Wildman–Crippen LogP) is 4.83. The van der Waals surface area contributed by atoms with Crippen molar-refractivity contribution in [3.63, 3.8) is 0 Å². The third-order valence-corrected chi connectivity index (χ3v) is 5.37. The van der Waals surface area contributed by atoms with E-state index in [1.54, 1.807) is 25.1 Å². The van der Waals surface area contributed by atoms with Gasteiger partial charge in [-0.3, -0.25) is 9.10 Å². The standard InChI is InChI=1S/C17H17Cl3N2O3S/c1-3-16(17(23)21-14-8-12(19)7-13(20)9-14)22(26(2,24)25)15-6-4-5-11(18)10-15/h4-10,16H,3H2,1-2H3,(H,21,23)/t16-/m0/s1. The van der Waals surface area contributed by atoms with Crippen molar-refractivity contribution in [3.05, 3.63) is 57.5 Å². The Bertz CT molecular complexity index is 899. The number of hydrogen-bond acceptors (Lipinski definition) is 3. The van der Waals surface area contributed by atoms with Gasteiger partial charge in [-0.2, -0.15) is 0 Å². The zero-order valence-corrected chi connectivity index (χ0v) is 17.1. The number of benzene rings is 2. The molecule has 2 aromatic rings. The van der Waals surface area contributed by atoms with E-state index in [0.717, 1.165) is 10.6 Å². The van der Waals surface area contributed by atoms with Crippen molar-refractivity contribution >= 4 is 62.1 Å². The van der Waals surface area contributed by atoms with Crippen LogP contribution in [0.4, 0.5) is 11.4 Å². The molecule has 0 heterocycles. The Hall–Kier alpha value is -1.47. The number of sulfonamides is 1. The van der Waals surface area contributed by atoms with Crippen LogP contribution in [0.25, 0.3) is 0 Å². The predicted molar refractivity (Wildman–Crippen MR) is 108 cm³/mol. The second-order valence-corrected chi connectivity index (χ2v) is 8.78. The van der Waals surface area contributed by atoms with Crippen LogP contribution in [0.5, 0.6) is 0 Å². The lowest BCUT2D eigenvalue weighted by Gasteiger charge is -2.30. The zero-order valence-electron chi connectivity index (χ0n) is 14.0. The number of hydrogen-bond donors (Lipinski definition) is 1. The second-order valence-electron chi connectivity index (χ2n) is 5.61. The molecule has 0 fully saturated rings. The van der Waals surface area contributed by atoms with Crippen molar-refractivity contribution in [2.24, 2.45) is 0 Å². The van der Waals surface area contributed by atoms with Gasteiger partial charge in [0.25, 0.3) is 0 Å². The largest absolute Gasteiger partial charge is 0.324 e. The molecule has 2 aromatic carbocycles. The maximum absolute atomic E-state index is 12.8. The average molecular weight is 436 g/mol. The maximum Gasteiger partial charge on any atom is 0.248 e. The fourth-order valence-electron chi connectivity index (χ4n) is 2.53. The molecular weight excluding hydrogens is 419 g/mol. The van der Waals surface area contributed by atoms with Crippen LogP contribution < -0.4 is 9.62 Å². The molecular formula is C17H17Cl3N2O3S. The van der Waals surface area contributed by atoms with Gasteiger partial charge in [-0.1, -0.05) is 47.8 Å². The Balaban J connectivity index is 2.39. The first-order valence-electron chi connectivity index (χ1n) is 7.63.